The molecule has 6 nitrogen and oxygen atoms in total. The molecule has 152 valence electrons. The van der Waals surface area contributed by atoms with E-state index in [1.807, 2.05) is 24.6 Å². The quantitative estimate of drug-likeness (QED) is 0.576. The number of likely N-dealkylation sites (N-methyl/N-ethyl adjacent to an activating group) is 1. The van der Waals surface area contributed by atoms with E-state index in [9.17, 15) is 0 Å². The third kappa shape index (κ3) is 5.94. The van der Waals surface area contributed by atoms with Gasteiger partial charge in [0.15, 0.2) is 5.96 Å². The largest absolute Gasteiger partial charge is 0.354 e. The van der Waals surface area contributed by atoms with Crippen LogP contribution in [0.25, 0.3) is 0 Å². The minimum Gasteiger partial charge on any atom is -0.354 e. The van der Waals surface area contributed by atoms with E-state index in [1.54, 1.807) is 0 Å². The Labute approximate surface area is 172 Å². The Morgan fingerprint density at radius 3 is 2.71 bits per heavy atom. The fourth-order valence-corrected chi connectivity index (χ4v) is 4.36. The topological polar surface area (TPSA) is 55.8 Å². The van der Waals surface area contributed by atoms with Crippen LogP contribution in [0.1, 0.15) is 22.2 Å². The summed E-state index contributed by atoms with van der Waals surface area (Å²) in [6.07, 6.45) is 2.91. The molecule has 0 bridgehead atoms. The molecular weight excluding hydrogens is 368 g/mol. The summed E-state index contributed by atoms with van der Waals surface area (Å²) < 4.78 is 0. The van der Waals surface area contributed by atoms with Crippen molar-refractivity contribution in [1.82, 2.24) is 20.5 Å². The second kappa shape index (κ2) is 9.89. The first kappa shape index (κ1) is 20.6. The smallest absolute Gasteiger partial charge is 0.191 e. The van der Waals surface area contributed by atoms with Crippen LogP contribution in [0.2, 0.25) is 0 Å². The first-order chi connectivity index (χ1) is 13.5. The predicted molar refractivity (Wildman–Crippen MR) is 120 cm³/mol. The van der Waals surface area contributed by atoms with Gasteiger partial charge >= 0.3 is 0 Å². The predicted octanol–water partition coefficient (Wildman–Crippen LogP) is 2.50. The lowest BCUT2D eigenvalue weighted by atomic mass is 10.2. The molecule has 0 radical (unpaired) electrons. The molecule has 2 aromatic heterocycles. The zero-order valence-electron chi connectivity index (χ0n) is 17.4. The molecule has 1 aliphatic rings. The van der Waals surface area contributed by atoms with Crippen LogP contribution in [0.5, 0.6) is 0 Å². The highest BCUT2D eigenvalue weighted by molar-refractivity contribution is 7.11. The van der Waals surface area contributed by atoms with Crippen molar-refractivity contribution in [2.45, 2.75) is 32.9 Å². The van der Waals surface area contributed by atoms with Crippen LogP contribution in [-0.4, -0.2) is 62.2 Å². The molecule has 1 aliphatic heterocycles. The summed E-state index contributed by atoms with van der Waals surface area (Å²) in [6, 6.07) is 8.97. The number of aryl methyl sites for hydroxylation is 1. The van der Waals surface area contributed by atoms with Crippen LogP contribution in [0, 0.1) is 6.92 Å². The van der Waals surface area contributed by atoms with Gasteiger partial charge in [-0.15, -0.1) is 11.3 Å². The second-order valence-electron chi connectivity index (χ2n) is 7.50. The molecule has 2 aromatic rings. The molecule has 2 N–H and O–H groups in total. The summed E-state index contributed by atoms with van der Waals surface area (Å²) in [5.74, 6) is 1.90. The van der Waals surface area contributed by atoms with Crippen molar-refractivity contribution in [3.05, 3.63) is 45.8 Å². The normalized spacial score (nSPS) is 16.9. The monoisotopic (exact) mass is 400 g/mol. The highest BCUT2D eigenvalue weighted by atomic mass is 32.1. The number of nitrogens with one attached hydrogen (secondary N) is 2. The van der Waals surface area contributed by atoms with Crippen LogP contribution in [0.4, 0.5) is 5.82 Å². The fraction of sp³-hybridized carbons (Fsp3) is 0.524. The van der Waals surface area contributed by atoms with Gasteiger partial charge in [0.1, 0.15) is 5.82 Å². The van der Waals surface area contributed by atoms with Crippen molar-refractivity contribution in [3.8, 4) is 0 Å². The molecule has 3 rings (SSSR count). The number of aromatic nitrogens is 1. The summed E-state index contributed by atoms with van der Waals surface area (Å²) in [4.78, 5) is 16.4. The van der Waals surface area contributed by atoms with Crippen LogP contribution < -0.4 is 15.5 Å². The van der Waals surface area contributed by atoms with Crippen LogP contribution in [0.3, 0.4) is 0 Å². The molecule has 0 aromatic carbocycles. The van der Waals surface area contributed by atoms with Crippen LogP contribution in [0.15, 0.2) is 35.5 Å². The maximum Gasteiger partial charge on any atom is 0.191 e. The van der Waals surface area contributed by atoms with Crippen molar-refractivity contribution in [3.63, 3.8) is 0 Å². The van der Waals surface area contributed by atoms with E-state index in [2.05, 4.69) is 75.6 Å². The summed E-state index contributed by atoms with van der Waals surface area (Å²) >= 11 is 1.86. The number of guanidine groups is 1. The Balaban J connectivity index is 1.51. The average molecular weight is 401 g/mol. The SMILES string of the molecule is CN=C(NCc1ccnc(N2CCN(C)CC2)c1)NC(C)Cc1ccc(C)s1. The Hall–Kier alpha value is -2.12. The number of aliphatic imine (C=N–C) groups is 1. The average Bonchev–Trinajstić information content (AvgIpc) is 3.10. The molecule has 3 heterocycles. The van der Waals surface area contributed by atoms with E-state index in [0.29, 0.717) is 6.04 Å². The number of nitrogens with zero attached hydrogens (tertiary/aromatic N) is 4. The van der Waals surface area contributed by atoms with Crippen molar-refractivity contribution in [2.24, 2.45) is 4.99 Å². The number of hydrogen-bond donors (Lipinski definition) is 2. The Kier molecular flexibility index (Phi) is 7.28. The van der Waals surface area contributed by atoms with E-state index < -0.39 is 0 Å². The second-order valence-corrected chi connectivity index (χ2v) is 8.87. The van der Waals surface area contributed by atoms with Gasteiger partial charge in [-0.1, -0.05) is 0 Å². The molecular formula is C21H32N6S. The summed E-state index contributed by atoms with van der Waals surface area (Å²) in [5, 5.41) is 6.92. The lowest BCUT2D eigenvalue weighted by molar-refractivity contribution is 0.312. The molecule has 0 amide bonds. The zero-order chi connectivity index (χ0) is 19.9. The molecule has 28 heavy (non-hydrogen) atoms. The number of anilines is 1. The third-order valence-corrected chi connectivity index (χ3v) is 6.03. The minimum absolute atomic E-state index is 0.322. The van der Waals surface area contributed by atoms with Crippen molar-refractivity contribution in [1.29, 1.82) is 0 Å². The summed E-state index contributed by atoms with van der Waals surface area (Å²) in [6.45, 7) is 9.31. The van der Waals surface area contributed by atoms with Crippen molar-refractivity contribution >= 4 is 23.1 Å². The Morgan fingerprint density at radius 2 is 2.04 bits per heavy atom. The minimum atomic E-state index is 0.322. The van der Waals surface area contributed by atoms with E-state index in [4.69, 9.17) is 0 Å². The molecule has 1 unspecified atom stereocenters. The zero-order valence-corrected chi connectivity index (χ0v) is 18.2. The summed E-state index contributed by atoms with van der Waals surface area (Å²) in [5.41, 5.74) is 1.22. The Bertz CT molecular complexity index is 779. The lowest BCUT2D eigenvalue weighted by Gasteiger charge is -2.33. The van der Waals surface area contributed by atoms with Gasteiger partial charge in [0.2, 0.25) is 0 Å². The van der Waals surface area contributed by atoms with Gasteiger partial charge in [0.25, 0.3) is 0 Å². The Morgan fingerprint density at radius 1 is 1.25 bits per heavy atom. The molecule has 0 saturated carbocycles. The number of piperazine rings is 1. The van der Waals surface area contributed by atoms with E-state index in [1.165, 1.54) is 15.3 Å². The maximum absolute atomic E-state index is 4.57. The van der Waals surface area contributed by atoms with Gasteiger partial charge in [0.05, 0.1) is 0 Å². The molecule has 1 saturated heterocycles. The van der Waals surface area contributed by atoms with E-state index in [-0.39, 0.29) is 0 Å². The number of pyridine rings is 1. The highest BCUT2D eigenvalue weighted by Gasteiger charge is 2.15. The first-order valence-electron chi connectivity index (χ1n) is 9.94. The van der Waals surface area contributed by atoms with Crippen LogP contribution >= 0.6 is 11.3 Å². The summed E-state index contributed by atoms with van der Waals surface area (Å²) in [7, 11) is 3.99. The van der Waals surface area contributed by atoms with Gasteiger partial charge < -0.3 is 20.4 Å². The van der Waals surface area contributed by atoms with Gasteiger partial charge in [0, 0.05) is 68.2 Å². The lowest BCUT2D eigenvalue weighted by Crippen LogP contribution is -2.45. The number of rotatable bonds is 6. The van der Waals surface area contributed by atoms with Gasteiger partial charge in [-0.05, 0) is 50.7 Å². The molecule has 1 fully saturated rings. The van der Waals surface area contributed by atoms with Crippen molar-refractivity contribution < 1.29 is 0 Å². The highest BCUT2D eigenvalue weighted by Crippen LogP contribution is 2.17. The molecule has 7 heteroatoms. The molecule has 0 aliphatic carbocycles. The van der Waals surface area contributed by atoms with E-state index >= 15 is 0 Å². The van der Waals surface area contributed by atoms with Crippen molar-refractivity contribution in [2.75, 3.05) is 45.2 Å². The molecule has 1 atom stereocenters. The molecule has 0 spiro atoms. The third-order valence-electron chi connectivity index (χ3n) is 5.01. The van der Waals surface area contributed by atoms with Gasteiger partial charge in [-0.2, -0.15) is 0 Å². The van der Waals surface area contributed by atoms with Gasteiger partial charge in [-0.3, -0.25) is 4.99 Å². The van der Waals surface area contributed by atoms with E-state index in [0.717, 1.165) is 50.9 Å². The standard InChI is InChI=1S/C21H32N6S/c1-16(13-19-6-5-17(2)28-19)25-21(22-3)24-15-18-7-8-23-20(14-18)27-11-9-26(4)10-12-27/h5-8,14,16H,9-13,15H2,1-4H3,(H2,22,24,25). The van der Waals surface area contributed by atoms with Crippen LogP contribution in [-0.2, 0) is 13.0 Å². The number of hydrogen-bond acceptors (Lipinski definition) is 5. The maximum atomic E-state index is 4.57. The number of thiophene rings is 1. The van der Waals surface area contributed by atoms with Gasteiger partial charge in [-0.25, -0.2) is 4.98 Å². The first-order valence-corrected chi connectivity index (χ1v) is 10.8. The fourth-order valence-electron chi connectivity index (χ4n) is 3.34.